The minimum Gasteiger partial charge on any atom is -0.466 e. The minimum absolute atomic E-state index is 0.107. The van der Waals surface area contributed by atoms with Gasteiger partial charge in [0.1, 0.15) is 0 Å². The number of carbonyl (C=O) groups excluding carboxylic acids is 1. The summed E-state index contributed by atoms with van der Waals surface area (Å²) in [5.74, 6) is 0.0601. The first kappa shape index (κ1) is 16.0. The molecule has 0 heterocycles. The Morgan fingerprint density at radius 1 is 1.58 bits per heavy atom. The second kappa shape index (κ2) is 6.38. The number of ether oxygens (including phenoxy) is 1. The van der Waals surface area contributed by atoms with E-state index in [2.05, 4.69) is 31.6 Å². The summed E-state index contributed by atoms with van der Waals surface area (Å²) in [6.45, 7) is 8.33. The van der Waals surface area contributed by atoms with Crippen LogP contribution in [0.5, 0.6) is 0 Å². The summed E-state index contributed by atoms with van der Waals surface area (Å²) in [5.41, 5.74) is 2.27. The van der Waals surface area contributed by atoms with Crippen LogP contribution in [0.4, 0.5) is 0 Å². The molecule has 0 bridgehead atoms. The summed E-state index contributed by atoms with van der Waals surface area (Å²) in [4.78, 5) is 11.2. The summed E-state index contributed by atoms with van der Waals surface area (Å²) in [6.07, 6.45) is 5.94. The first-order chi connectivity index (χ1) is 8.78. The van der Waals surface area contributed by atoms with Gasteiger partial charge in [0.15, 0.2) is 0 Å². The van der Waals surface area contributed by atoms with Gasteiger partial charge >= 0.3 is 5.97 Å². The van der Waals surface area contributed by atoms with E-state index < -0.39 is 0 Å². The predicted molar refractivity (Wildman–Crippen MR) is 76.7 cm³/mol. The number of allylic oxidation sites excluding steroid dienone is 2. The third-order valence-corrected chi connectivity index (χ3v) is 4.36. The maximum Gasteiger partial charge on any atom is 0.330 e. The van der Waals surface area contributed by atoms with Gasteiger partial charge in [0.2, 0.25) is 0 Å². The summed E-state index contributed by atoms with van der Waals surface area (Å²) in [6, 6.07) is 0. The molecule has 3 heteroatoms. The van der Waals surface area contributed by atoms with Crippen molar-refractivity contribution in [2.24, 2.45) is 11.3 Å². The predicted octanol–water partition coefficient (Wildman–Crippen LogP) is 3.24. The lowest BCUT2D eigenvalue weighted by Gasteiger charge is -2.42. The standard InChI is InChI=1S/C16H26O3/c1-11(10-15(18)19-5)6-8-13-12(2)7-9-14(17)16(13,3)4/h7,10,13-14,17H,6,8-9H2,1-5H3/b11-10+. The second-order valence-corrected chi connectivity index (χ2v) is 6.13. The number of hydrogen-bond donors (Lipinski definition) is 1. The molecule has 0 saturated carbocycles. The molecule has 1 rings (SSSR count). The van der Waals surface area contributed by atoms with Crippen molar-refractivity contribution in [2.75, 3.05) is 7.11 Å². The van der Waals surface area contributed by atoms with Crippen LogP contribution in [0, 0.1) is 11.3 Å². The van der Waals surface area contributed by atoms with E-state index in [4.69, 9.17) is 0 Å². The van der Waals surface area contributed by atoms with E-state index >= 15 is 0 Å². The Bertz CT molecular complexity index is 391. The Labute approximate surface area is 116 Å². The lowest BCUT2D eigenvalue weighted by Crippen LogP contribution is -2.39. The Morgan fingerprint density at radius 3 is 2.79 bits per heavy atom. The van der Waals surface area contributed by atoms with Gasteiger partial charge in [0, 0.05) is 6.08 Å². The largest absolute Gasteiger partial charge is 0.466 e. The van der Waals surface area contributed by atoms with E-state index in [1.807, 2.05) is 6.92 Å². The van der Waals surface area contributed by atoms with Crippen LogP contribution >= 0.6 is 0 Å². The van der Waals surface area contributed by atoms with Crippen LogP contribution in [0.2, 0.25) is 0 Å². The molecule has 2 atom stereocenters. The zero-order chi connectivity index (χ0) is 14.6. The third kappa shape index (κ3) is 3.93. The number of methoxy groups -OCH3 is 1. The Morgan fingerprint density at radius 2 is 2.21 bits per heavy atom. The SMILES string of the molecule is COC(=O)/C=C(\C)CCC1C(C)=CCC(O)C1(C)C. The van der Waals surface area contributed by atoms with Gasteiger partial charge in [0.25, 0.3) is 0 Å². The monoisotopic (exact) mass is 266 g/mol. The van der Waals surface area contributed by atoms with E-state index in [0.29, 0.717) is 5.92 Å². The van der Waals surface area contributed by atoms with Crippen molar-refractivity contribution in [1.29, 1.82) is 0 Å². The van der Waals surface area contributed by atoms with Gasteiger partial charge < -0.3 is 9.84 Å². The van der Waals surface area contributed by atoms with Crippen LogP contribution in [0.25, 0.3) is 0 Å². The molecule has 0 aromatic carbocycles. The smallest absolute Gasteiger partial charge is 0.330 e. The maximum absolute atomic E-state index is 11.2. The minimum atomic E-state index is -0.298. The van der Waals surface area contributed by atoms with Crippen LogP contribution in [0.1, 0.15) is 47.0 Å². The van der Waals surface area contributed by atoms with E-state index in [-0.39, 0.29) is 17.5 Å². The average molecular weight is 266 g/mol. The lowest BCUT2D eigenvalue weighted by atomic mass is 9.65. The van der Waals surface area contributed by atoms with Crippen LogP contribution in [0.15, 0.2) is 23.3 Å². The molecule has 1 aliphatic rings. The molecule has 108 valence electrons. The van der Waals surface area contributed by atoms with Crippen molar-refractivity contribution in [2.45, 2.75) is 53.1 Å². The molecule has 19 heavy (non-hydrogen) atoms. The molecular formula is C16H26O3. The first-order valence-electron chi connectivity index (χ1n) is 6.89. The second-order valence-electron chi connectivity index (χ2n) is 6.13. The fourth-order valence-corrected chi connectivity index (χ4v) is 2.87. The summed E-state index contributed by atoms with van der Waals surface area (Å²) in [5, 5.41) is 10.1. The van der Waals surface area contributed by atoms with E-state index in [1.165, 1.54) is 12.7 Å². The first-order valence-corrected chi connectivity index (χ1v) is 6.89. The Kier molecular flexibility index (Phi) is 5.36. The van der Waals surface area contributed by atoms with E-state index in [9.17, 15) is 9.90 Å². The molecule has 1 aliphatic carbocycles. The van der Waals surface area contributed by atoms with Crippen LogP contribution in [-0.4, -0.2) is 24.3 Å². The molecule has 0 spiro atoms. The van der Waals surface area contributed by atoms with Gasteiger partial charge in [-0.2, -0.15) is 0 Å². The fourth-order valence-electron chi connectivity index (χ4n) is 2.87. The normalized spacial score (nSPS) is 26.8. The lowest BCUT2D eigenvalue weighted by molar-refractivity contribution is -0.134. The molecule has 0 aromatic rings. The van der Waals surface area contributed by atoms with Gasteiger partial charge in [-0.25, -0.2) is 4.79 Å². The topological polar surface area (TPSA) is 46.5 Å². The Hall–Kier alpha value is -1.09. The number of rotatable bonds is 4. The molecular weight excluding hydrogens is 240 g/mol. The number of esters is 1. The van der Waals surface area contributed by atoms with Crippen LogP contribution in [0.3, 0.4) is 0 Å². The number of hydrogen-bond acceptors (Lipinski definition) is 3. The number of aliphatic hydroxyl groups excluding tert-OH is 1. The van der Waals surface area contributed by atoms with Crippen LogP contribution < -0.4 is 0 Å². The molecule has 0 aromatic heterocycles. The maximum atomic E-state index is 11.2. The number of aliphatic hydroxyl groups is 1. The average Bonchev–Trinajstić information content (AvgIpc) is 2.33. The summed E-state index contributed by atoms with van der Waals surface area (Å²) >= 11 is 0. The highest BCUT2D eigenvalue weighted by molar-refractivity contribution is 5.82. The summed E-state index contributed by atoms with van der Waals surface area (Å²) in [7, 11) is 1.39. The molecule has 0 fully saturated rings. The highest BCUT2D eigenvalue weighted by Crippen LogP contribution is 2.43. The molecule has 0 saturated heterocycles. The van der Waals surface area contributed by atoms with Gasteiger partial charge in [-0.3, -0.25) is 0 Å². The Balaban J connectivity index is 2.70. The molecule has 0 amide bonds. The highest BCUT2D eigenvalue weighted by Gasteiger charge is 2.39. The summed E-state index contributed by atoms with van der Waals surface area (Å²) < 4.78 is 4.63. The molecule has 3 nitrogen and oxygen atoms in total. The molecule has 2 unspecified atom stereocenters. The zero-order valence-corrected chi connectivity index (χ0v) is 12.7. The molecule has 0 aliphatic heterocycles. The van der Waals surface area contributed by atoms with Crippen molar-refractivity contribution >= 4 is 5.97 Å². The van der Waals surface area contributed by atoms with Crippen molar-refractivity contribution < 1.29 is 14.6 Å². The van der Waals surface area contributed by atoms with Crippen molar-refractivity contribution in [3.8, 4) is 0 Å². The fraction of sp³-hybridized carbons (Fsp3) is 0.688. The van der Waals surface area contributed by atoms with Crippen LogP contribution in [-0.2, 0) is 9.53 Å². The number of carbonyl (C=O) groups is 1. The van der Waals surface area contributed by atoms with E-state index in [0.717, 1.165) is 24.8 Å². The third-order valence-electron chi connectivity index (χ3n) is 4.36. The van der Waals surface area contributed by atoms with Crippen molar-refractivity contribution in [1.82, 2.24) is 0 Å². The molecule has 0 radical (unpaired) electrons. The molecule has 1 N–H and O–H groups in total. The highest BCUT2D eigenvalue weighted by atomic mass is 16.5. The zero-order valence-electron chi connectivity index (χ0n) is 12.7. The van der Waals surface area contributed by atoms with Gasteiger partial charge in [-0.1, -0.05) is 31.1 Å². The van der Waals surface area contributed by atoms with Gasteiger partial charge in [0.05, 0.1) is 13.2 Å². The van der Waals surface area contributed by atoms with Crippen molar-refractivity contribution in [3.63, 3.8) is 0 Å². The van der Waals surface area contributed by atoms with Crippen molar-refractivity contribution in [3.05, 3.63) is 23.3 Å². The van der Waals surface area contributed by atoms with E-state index in [1.54, 1.807) is 6.08 Å². The van der Waals surface area contributed by atoms with Gasteiger partial charge in [-0.15, -0.1) is 0 Å². The quantitative estimate of drug-likeness (QED) is 0.483. The van der Waals surface area contributed by atoms with Gasteiger partial charge in [-0.05, 0) is 44.4 Å².